The number of morpholine rings is 1. The molecular weight excluding hydrogens is 344 g/mol. The average molecular weight is 372 g/mol. The molecule has 7 nitrogen and oxygen atoms in total. The smallest absolute Gasteiger partial charge is 0.270 e. The largest absolute Gasteiger partial charge is 0.378 e. The van der Waals surface area contributed by atoms with Crippen LogP contribution < -0.4 is 15.5 Å². The Morgan fingerprint density at radius 2 is 1.96 bits per heavy atom. The van der Waals surface area contributed by atoms with Crippen LogP contribution >= 0.6 is 0 Å². The second kappa shape index (κ2) is 7.84. The lowest BCUT2D eigenvalue weighted by Crippen LogP contribution is -2.57. The van der Waals surface area contributed by atoms with Crippen molar-refractivity contribution < 1.29 is 14.3 Å². The Bertz CT molecular complexity index is 692. The normalized spacial score (nSPS) is 21.7. The molecule has 146 valence electrons. The maximum Gasteiger partial charge on any atom is 0.270 e. The molecule has 3 fully saturated rings. The maximum atomic E-state index is 12.9. The fourth-order valence-corrected chi connectivity index (χ4v) is 3.96. The molecule has 0 aromatic carbocycles. The van der Waals surface area contributed by atoms with Crippen molar-refractivity contribution in [3.05, 3.63) is 24.0 Å². The number of carbonyl (C=O) groups excluding carboxylic acids is 2. The number of ether oxygens (including phenoxy) is 1. The predicted octanol–water partition coefficient (Wildman–Crippen LogP) is 1.49. The minimum absolute atomic E-state index is 0.0374. The Kier molecular flexibility index (Phi) is 5.29. The second-order valence-electron chi connectivity index (χ2n) is 7.90. The summed E-state index contributed by atoms with van der Waals surface area (Å²) in [4.78, 5) is 32.2. The first-order valence-corrected chi connectivity index (χ1v) is 10.1. The van der Waals surface area contributed by atoms with E-state index in [1.165, 1.54) is 12.8 Å². The van der Waals surface area contributed by atoms with Crippen molar-refractivity contribution in [3.63, 3.8) is 0 Å². The van der Waals surface area contributed by atoms with Crippen LogP contribution in [0.5, 0.6) is 0 Å². The number of amides is 2. The summed E-state index contributed by atoms with van der Waals surface area (Å²) in [7, 11) is 0. The van der Waals surface area contributed by atoms with Gasteiger partial charge in [-0.05, 0) is 43.7 Å². The second-order valence-corrected chi connectivity index (χ2v) is 7.90. The van der Waals surface area contributed by atoms with Gasteiger partial charge in [-0.3, -0.25) is 14.6 Å². The molecule has 0 unspecified atom stereocenters. The van der Waals surface area contributed by atoms with Gasteiger partial charge in [-0.2, -0.15) is 0 Å². The minimum atomic E-state index is -0.789. The number of nitrogens with zero attached hydrogens (tertiary/aromatic N) is 2. The number of aromatic nitrogens is 1. The Balaban J connectivity index is 1.45. The van der Waals surface area contributed by atoms with Gasteiger partial charge < -0.3 is 20.3 Å². The van der Waals surface area contributed by atoms with E-state index < -0.39 is 5.54 Å². The van der Waals surface area contributed by atoms with Gasteiger partial charge in [0.1, 0.15) is 11.2 Å². The molecule has 4 rings (SSSR count). The van der Waals surface area contributed by atoms with Gasteiger partial charge in [0.15, 0.2) is 0 Å². The summed E-state index contributed by atoms with van der Waals surface area (Å²) < 4.78 is 5.39. The average Bonchev–Trinajstić information content (AvgIpc) is 3.43. The lowest BCUT2D eigenvalue weighted by Gasteiger charge is -2.30. The molecule has 2 N–H and O–H groups in total. The van der Waals surface area contributed by atoms with Crippen LogP contribution in [0.4, 0.5) is 5.69 Å². The van der Waals surface area contributed by atoms with E-state index in [-0.39, 0.29) is 11.8 Å². The molecule has 0 radical (unpaired) electrons. The number of anilines is 1. The summed E-state index contributed by atoms with van der Waals surface area (Å²) in [5.74, 6) is 0.313. The number of hydrogen-bond donors (Lipinski definition) is 2. The van der Waals surface area contributed by atoms with Gasteiger partial charge in [-0.25, -0.2) is 0 Å². The summed E-state index contributed by atoms with van der Waals surface area (Å²) in [5, 5.41) is 6.08. The zero-order valence-electron chi connectivity index (χ0n) is 15.7. The number of nitrogens with one attached hydrogen (secondary N) is 2. The Hall–Kier alpha value is -2.15. The van der Waals surface area contributed by atoms with Gasteiger partial charge >= 0.3 is 0 Å². The minimum Gasteiger partial charge on any atom is -0.378 e. The van der Waals surface area contributed by atoms with Crippen LogP contribution in [-0.4, -0.2) is 55.2 Å². The summed E-state index contributed by atoms with van der Waals surface area (Å²) >= 11 is 0. The molecule has 1 aliphatic heterocycles. The van der Waals surface area contributed by atoms with Crippen LogP contribution in [-0.2, 0) is 9.53 Å². The molecule has 0 bridgehead atoms. The highest BCUT2D eigenvalue weighted by molar-refractivity contribution is 5.98. The SMILES string of the molecule is O=C(NC1(C(=O)NCC2CC2)CCCC1)c1cc(N2CCOCC2)ccn1. The fourth-order valence-electron chi connectivity index (χ4n) is 3.96. The summed E-state index contributed by atoms with van der Waals surface area (Å²) in [6, 6.07) is 3.72. The van der Waals surface area contributed by atoms with Crippen LogP contribution in [0.1, 0.15) is 49.0 Å². The van der Waals surface area contributed by atoms with Crippen LogP contribution in [0.2, 0.25) is 0 Å². The van der Waals surface area contributed by atoms with E-state index in [1.807, 2.05) is 12.1 Å². The molecular formula is C20H28N4O3. The summed E-state index contributed by atoms with van der Waals surface area (Å²) in [5.41, 5.74) is 0.542. The molecule has 7 heteroatoms. The van der Waals surface area contributed by atoms with Crippen molar-refractivity contribution in [2.75, 3.05) is 37.7 Å². The number of hydrogen-bond acceptors (Lipinski definition) is 5. The van der Waals surface area contributed by atoms with Crippen molar-refractivity contribution >= 4 is 17.5 Å². The van der Waals surface area contributed by atoms with Crippen LogP contribution in [0.25, 0.3) is 0 Å². The lowest BCUT2D eigenvalue weighted by molar-refractivity contribution is -0.127. The molecule has 27 heavy (non-hydrogen) atoms. The third-order valence-corrected chi connectivity index (χ3v) is 5.85. The van der Waals surface area contributed by atoms with E-state index in [2.05, 4.69) is 20.5 Å². The first kappa shape index (κ1) is 18.2. The van der Waals surface area contributed by atoms with Crippen molar-refractivity contribution in [3.8, 4) is 0 Å². The van der Waals surface area contributed by atoms with E-state index in [1.54, 1.807) is 6.20 Å². The summed E-state index contributed by atoms with van der Waals surface area (Å²) in [6.45, 7) is 3.71. The Morgan fingerprint density at radius 3 is 2.67 bits per heavy atom. The first-order valence-electron chi connectivity index (χ1n) is 10.1. The first-order chi connectivity index (χ1) is 13.2. The third kappa shape index (κ3) is 4.24. The highest BCUT2D eigenvalue weighted by Crippen LogP contribution is 2.32. The molecule has 1 aromatic heterocycles. The zero-order valence-corrected chi connectivity index (χ0v) is 15.7. The van der Waals surface area contributed by atoms with E-state index in [4.69, 9.17) is 4.74 Å². The van der Waals surface area contributed by atoms with Gasteiger partial charge in [0.25, 0.3) is 5.91 Å². The van der Waals surface area contributed by atoms with Crippen LogP contribution in [0, 0.1) is 5.92 Å². The van der Waals surface area contributed by atoms with E-state index in [9.17, 15) is 9.59 Å². The number of carbonyl (C=O) groups is 2. The zero-order chi connectivity index (χ0) is 18.7. The maximum absolute atomic E-state index is 12.9. The molecule has 3 aliphatic rings. The molecule has 2 amide bonds. The van der Waals surface area contributed by atoms with Gasteiger partial charge in [0.05, 0.1) is 13.2 Å². The fraction of sp³-hybridized carbons (Fsp3) is 0.650. The van der Waals surface area contributed by atoms with Crippen molar-refractivity contribution in [2.24, 2.45) is 5.92 Å². The summed E-state index contributed by atoms with van der Waals surface area (Å²) in [6.07, 6.45) is 7.34. The molecule has 2 aliphatic carbocycles. The van der Waals surface area contributed by atoms with E-state index in [0.717, 1.165) is 38.2 Å². The standard InChI is InChI=1S/C20H28N4O3/c25-18(17-13-16(5-8-21-17)24-9-11-27-12-10-24)23-20(6-1-2-7-20)19(26)22-14-15-3-4-15/h5,8,13,15H,1-4,6-7,9-12,14H2,(H,22,26)(H,23,25). The molecule has 2 saturated carbocycles. The van der Waals surface area contributed by atoms with Crippen molar-refractivity contribution in [1.82, 2.24) is 15.6 Å². The molecule has 1 aromatic rings. The van der Waals surface area contributed by atoms with Crippen molar-refractivity contribution in [2.45, 2.75) is 44.1 Å². The molecule has 1 saturated heterocycles. The van der Waals surface area contributed by atoms with Gasteiger partial charge in [0, 0.05) is 31.5 Å². The van der Waals surface area contributed by atoms with E-state index >= 15 is 0 Å². The lowest BCUT2D eigenvalue weighted by atomic mass is 9.95. The topological polar surface area (TPSA) is 83.6 Å². The highest BCUT2D eigenvalue weighted by Gasteiger charge is 2.43. The molecule has 0 atom stereocenters. The van der Waals surface area contributed by atoms with E-state index in [0.29, 0.717) is 37.7 Å². The van der Waals surface area contributed by atoms with Crippen molar-refractivity contribution in [1.29, 1.82) is 0 Å². The Morgan fingerprint density at radius 1 is 1.22 bits per heavy atom. The van der Waals surface area contributed by atoms with Crippen LogP contribution in [0.3, 0.4) is 0 Å². The van der Waals surface area contributed by atoms with Gasteiger partial charge in [0.2, 0.25) is 5.91 Å². The predicted molar refractivity (Wildman–Crippen MR) is 102 cm³/mol. The third-order valence-electron chi connectivity index (χ3n) is 5.85. The Labute approximate surface area is 159 Å². The monoisotopic (exact) mass is 372 g/mol. The molecule has 2 heterocycles. The van der Waals surface area contributed by atoms with Gasteiger partial charge in [-0.1, -0.05) is 12.8 Å². The highest BCUT2D eigenvalue weighted by atomic mass is 16.5. The molecule has 0 spiro atoms. The number of pyridine rings is 1. The number of rotatable bonds is 6. The van der Waals surface area contributed by atoms with Crippen LogP contribution in [0.15, 0.2) is 18.3 Å². The van der Waals surface area contributed by atoms with Gasteiger partial charge in [-0.15, -0.1) is 0 Å². The quantitative estimate of drug-likeness (QED) is 0.790.